The van der Waals surface area contributed by atoms with Gasteiger partial charge in [0, 0.05) is 27.5 Å². The number of halogens is 2. The summed E-state index contributed by atoms with van der Waals surface area (Å²) in [4.78, 5) is 8.67. The number of benzene rings is 1. The molecule has 2 rings (SSSR count). The summed E-state index contributed by atoms with van der Waals surface area (Å²) in [6, 6.07) is 5.53. The van der Waals surface area contributed by atoms with Gasteiger partial charge in [-0.3, -0.25) is 0 Å². The maximum Gasteiger partial charge on any atom is 0.159 e. The molecule has 1 aromatic carbocycles. The van der Waals surface area contributed by atoms with Crippen LogP contribution in [0.25, 0.3) is 11.4 Å². The Balaban J connectivity index is 2.45. The largest absolute Gasteiger partial charge is 0.389 e. The number of hydrogen-bond donors (Lipinski definition) is 1. The van der Waals surface area contributed by atoms with Crippen molar-refractivity contribution in [3.05, 3.63) is 45.1 Å². The Hall–Kier alpha value is -0.970. The Morgan fingerprint density at radius 3 is 2.67 bits per heavy atom. The van der Waals surface area contributed by atoms with Crippen LogP contribution in [-0.2, 0) is 0 Å². The molecule has 0 saturated heterocycles. The van der Waals surface area contributed by atoms with Crippen LogP contribution >= 0.6 is 27.5 Å². The summed E-state index contributed by atoms with van der Waals surface area (Å²) in [5, 5.41) is 10.2. The fourth-order valence-corrected chi connectivity index (χ4v) is 2.16. The molecule has 0 amide bonds. The van der Waals surface area contributed by atoms with Crippen LogP contribution < -0.4 is 0 Å². The zero-order valence-electron chi connectivity index (χ0n) is 9.98. The van der Waals surface area contributed by atoms with E-state index in [4.69, 9.17) is 11.6 Å². The molecule has 0 radical (unpaired) electrons. The van der Waals surface area contributed by atoms with E-state index in [2.05, 4.69) is 25.9 Å². The molecule has 2 aromatic rings. The summed E-state index contributed by atoms with van der Waals surface area (Å²) in [6.45, 7) is 3.56. The minimum absolute atomic E-state index is 0.559. The van der Waals surface area contributed by atoms with Crippen LogP contribution in [-0.4, -0.2) is 15.1 Å². The monoisotopic (exact) mass is 326 g/mol. The maximum atomic E-state index is 9.54. The van der Waals surface area contributed by atoms with Gasteiger partial charge >= 0.3 is 0 Å². The number of hydrogen-bond acceptors (Lipinski definition) is 3. The molecule has 18 heavy (non-hydrogen) atoms. The molecule has 3 nitrogen and oxygen atoms in total. The highest BCUT2D eigenvalue weighted by molar-refractivity contribution is 9.10. The highest BCUT2D eigenvalue weighted by atomic mass is 79.9. The lowest BCUT2D eigenvalue weighted by Gasteiger charge is -2.09. The van der Waals surface area contributed by atoms with Gasteiger partial charge in [0.15, 0.2) is 5.82 Å². The fourth-order valence-electron chi connectivity index (χ4n) is 1.66. The quantitative estimate of drug-likeness (QED) is 0.909. The SMILES string of the molecule is Cc1nc(-c2ccc(Cl)c(Br)c2)ncc1[C@@H](C)O. The zero-order chi connectivity index (χ0) is 13.3. The summed E-state index contributed by atoms with van der Waals surface area (Å²) in [5.41, 5.74) is 2.40. The third-order valence-corrected chi connectivity index (χ3v) is 3.86. The molecule has 0 aliphatic heterocycles. The second kappa shape index (κ2) is 5.34. The van der Waals surface area contributed by atoms with Crippen molar-refractivity contribution < 1.29 is 5.11 Å². The Labute approximate surface area is 119 Å². The molecule has 0 bridgehead atoms. The summed E-state index contributed by atoms with van der Waals surface area (Å²) < 4.78 is 0.808. The number of aromatic nitrogens is 2. The van der Waals surface area contributed by atoms with Gasteiger partial charge in [0.2, 0.25) is 0 Å². The number of aliphatic hydroxyl groups is 1. The molecule has 1 aromatic heterocycles. The van der Waals surface area contributed by atoms with E-state index in [-0.39, 0.29) is 0 Å². The molecular weight excluding hydrogens is 316 g/mol. The van der Waals surface area contributed by atoms with Gasteiger partial charge in [0.25, 0.3) is 0 Å². The Bertz CT molecular complexity index is 587. The molecule has 5 heteroatoms. The van der Waals surface area contributed by atoms with E-state index in [0.717, 1.165) is 21.3 Å². The fraction of sp³-hybridized carbons (Fsp3) is 0.231. The number of nitrogens with zero attached hydrogens (tertiary/aromatic N) is 2. The first-order valence-corrected chi connectivity index (χ1v) is 6.63. The highest BCUT2D eigenvalue weighted by Crippen LogP contribution is 2.27. The van der Waals surface area contributed by atoms with Gasteiger partial charge in [0.05, 0.1) is 11.1 Å². The van der Waals surface area contributed by atoms with Gasteiger partial charge in [-0.25, -0.2) is 9.97 Å². The molecule has 1 heterocycles. The van der Waals surface area contributed by atoms with Gasteiger partial charge in [-0.05, 0) is 48.0 Å². The molecular formula is C13H12BrClN2O. The van der Waals surface area contributed by atoms with Crippen LogP contribution in [0, 0.1) is 6.92 Å². The molecule has 1 atom stereocenters. The third kappa shape index (κ3) is 2.71. The molecule has 0 aliphatic carbocycles. The summed E-state index contributed by atoms with van der Waals surface area (Å²) >= 11 is 9.32. The first-order chi connectivity index (χ1) is 8.49. The predicted octanol–water partition coefficient (Wildman–Crippen LogP) is 3.92. The minimum Gasteiger partial charge on any atom is -0.389 e. The van der Waals surface area contributed by atoms with E-state index in [9.17, 15) is 5.11 Å². The lowest BCUT2D eigenvalue weighted by atomic mass is 10.1. The number of aryl methyl sites for hydroxylation is 1. The van der Waals surface area contributed by atoms with Crippen LogP contribution in [0.5, 0.6) is 0 Å². The Morgan fingerprint density at radius 2 is 2.11 bits per heavy atom. The van der Waals surface area contributed by atoms with E-state index in [0.29, 0.717) is 10.8 Å². The van der Waals surface area contributed by atoms with Crippen molar-refractivity contribution in [2.45, 2.75) is 20.0 Å². The van der Waals surface area contributed by atoms with Gasteiger partial charge in [-0.2, -0.15) is 0 Å². The average Bonchev–Trinajstić information content (AvgIpc) is 2.32. The van der Waals surface area contributed by atoms with Crippen molar-refractivity contribution in [3.8, 4) is 11.4 Å². The van der Waals surface area contributed by atoms with Crippen LogP contribution in [0.4, 0.5) is 0 Å². The molecule has 0 aliphatic rings. The Kier molecular flexibility index (Phi) is 4.00. The van der Waals surface area contributed by atoms with Crippen molar-refractivity contribution in [2.24, 2.45) is 0 Å². The van der Waals surface area contributed by atoms with Gasteiger partial charge in [-0.1, -0.05) is 11.6 Å². The molecule has 1 N–H and O–H groups in total. The van der Waals surface area contributed by atoms with Crippen molar-refractivity contribution >= 4 is 27.5 Å². The van der Waals surface area contributed by atoms with E-state index in [1.54, 1.807) is 19.2 Å². The smallest absolute Gasteiger partial charge is 0.159 e. The van der Waals surface area contributed by atoms with Crippen molar-refractivity contribution in [1.29, 1.82) is 0 Å². The van der Waals surface area contributed by atoms with Crippen molar-refractivity contribution in [2.75, 3.05) is 0 Å². The first kappa shape index (κ1) is 13.5. The lowest BCUT2D eigenvalue weighted by Crippen LogP contribution is -2.01. The predicted molar refractivity (Wildman–Crippen MR) is 75.5 cm³/mol. The number of aliphatic hydroxyl groups excluding tert-OH is 1. The minimum atomic E-state index is -0.559. The molecule has 0 fully saturated rings. The highest BCUT2D eigenvalue weighted by Gasteiger charge is 2.10. The summed E-state index contributed by atoms with van der Waals surface area (Å²) in [6.07, 6.45) is 1.10. The third-order valence-electron chi connectivity index (χ3n) is 2.65. The van der Waals surface area contributed by atoms with Crippen LogP contribution in [0.3, 0.4) is 0 Å². The molecule has 94 valence electrons. The first-order valence-electron chi connectivity index (χ1n) is 5.46. The Morgan fingerprint density at radius 1 is 1.39 bits per heavy atom. The molecule has 0 spiro atoms. The second-order valence-electron chi connectivity index (χ2n) is 4.04. The molecule has 0 unspecified atom stereocenters. The van der Waals surface area contributed by atoms with Crippen LogP contribution in [0.1, 0.15) is 24.3 Å². The standard InChI is InChI=1S/C13H12BrClN2O/c1-7-10(8(2)18)6-16-13(17-7)9-3-4-12(15)11(14)5-9/h3-6,8,18H,1-2H3/t8-/m1/s1. The van der Waals surface area contributed by atoms with Crippen molar-refractivity contribution in [1.82, 2.24) is 9.97 Å². The van der Waals surface area contributed by atoms with Gasteiger partial charge in [-0.15, -0.1) is 0 Å². The van der Waals surface area contributed by atoms with Crippen LogP contribution in [0.15, 0.2) is 28.9 Å². The van der Waals surface area contributed by atoms with Crippen LogP contribution in [0.2, 0.25) is 5.02 Å². The topological polar surface area (TPSA) is 46.0 Å². The summed E-state index contributed by atoms with van der Waals surface area (Å²) in [5.74, 6) is 0.620. The normalized spacial score (nSPS) is 12.5. The average molecular weight is 328 g/mol. The van der Waals surface area contributed by atoms with E-state index >= 15 is 0 Å². The molecule has 0 saturated carbocycles. The second-order valence-corrected chi connectivity index (χ2v) is 5.30. The van der Waals surface area contributed by atoms with Crippen molar-refractivity contribution in [3.63, 3.8) is 0 Å². The van der Waals surface area contributed by atoms with Gasteiger partial charge in [0.1, 0.15) is 0 Å². The van der Waals surface area contributed by atoms with E-state index < -0.39 is 6.10 Å². The zero-order valence-corrected chi connectivity index (χ0v) is 12.3. The van der Waals surface area contributed by atoms with E-state index in [1.807, 2.05) is 19.1 Å². The lowest BCUT2D eigenvalue weighted by molar-refractivity contribution is 0.197. The summed E-state index contributed by atoms with van der Waals surface area (Å²) in [7, 11) is 0. The van der Waals surface area contributed by atoms with Gasteiger partial charge < -0.3 is 5.11 Å². The van der Waals surface area contributed by atoms with E-state index in [1.165, 1.54) is 0 Å². The maximum absolute atomic E-state index is 9.54. The number of rotatable bonds is 2.